The van der Waals surface area contributed by atoms with Crippen molar-refractivity contribution in [3.63, 3.8) is 0 Å². The SMILES string of the molecule is CCCN=C1NC(=O)[C@H](CC(=O)NCCc2ccc(OC)c(OC)c2)S1. The van der Waals surface area contributed by atoms with Crippen LogP contribution in [0, 0.1) is 0 Å². The van der Waals surface area contributed by atoms with Gasteiger partial charge >= 0.3 is 0 Å². The number of carbonyl (C=O) groups excluding carboxylic acids is 2. The summed E-state index contributed by atoms with van der Waals surface area (Å²) in [7, 11) is 3.18. The van der Waals surface area contributed by atoms with E-state index in [1.54, 1.807) is 14.2 Å². The largest absolute Gasteiger partial charge is 0.493 e. The van der Waals surface area contributed by atoms with Gasteiger partial charge in [-0.15, -0.1) is 0 Å². The first kappa shape index (κ1) is 20.1. The Morgan fingerprint density at radius 3 is 2.77 bits per heavy atom. The molecule has 1 saturated heterocycles. The number of carbonyl (C=O) groups is 2. The Morgan fingerprint density at radius 2 is 2.08 bits per heavy atom. The van der Waals surface area contributed by atoms with Gasteiger partial charge in [0.25, 0.3) is 0 Å². The van der Waals surface area contributed by atoms with Gasteiger partial charge < -0.3 is 20.1 Å². The number of ether oxygens (including phenoxy) is 2. The summed E-state index contributed by atoms with van der Waals surface area (Å²) in [4.78, 5) is 28.3. The van der Waals surface area contributed by atoms with Crippen LogP contribution in [0.15, 0.2) is 23.2 Å². The van der Waals surface area contributed by atoms with Gasteiger partial charge in [0.15, 0.2) is 16.7 Å². The topological polar surface area (TPSA) is 89.0 Å². The number of benzene rings is 1. The standard InChI is InChI=1S/C18H25N3O4S/c1-4-8-20-18-21-17(23)15(26-18)11-16(22)19-9-7-12-5-6-13(24-2)14(10-12)25-3/h5-6,10,15H,4,7-9,11H2,1-3H3,(H,19,22)(H,20,21,23)/t15-/m0/s1. The molecule has 142 valence electrons. The van der Waals surface area contributed by atoms with Crippen LogP contribution >= 0.6 is 11.8 Å². The van der Waals surface area contributed by atoms with E-state index in [1.807, 2.05) is 25.1 Å². The van der Waals surface area contributed by atoms with E-state index in [0.29, 0.717) is 36.2 Å². The Bertz CT molecular complexity index is 678. The maximum absolute atomic E-state index is 12.1. The molecule has 1 aromatic carbocycles. The van der Waals surface area contributed by atoms with Gasteiger partial charge in [0.05, 0.1) is 14.2 Å². The van der Waals surface area contributed by atoms with Crippen LogP contribution in [-0.4, -0.2) is 49.5 Å². The first-order valence-electron chi connectivity index (χ1n) is 8.57. The van der Waals surface area contributed by atoms with Crippen molar-refractivity contribution in [3.05, 3.63) is 23.8 Å². The summed E-state index contributed by atoms with van der Waals surface area (Å²) in [6.45, 7) is 3.19. The van der Waals surface area contributed by atoms with Crippen molar-refractivity contribution in [1.29, 1.82) is 0 Å². The van der Waals surface area contributed by atoms with Gasteiger partial charge in [0, 0.05) is 19.5 Å². The molecule has 26 heavy (non-hydrogen) atoms. The van der Waals surface area contributed by atoms with Gasteiger partial charge in [-0.3, -0.25) is 14.6 Å². The third kappa shape index (κ3) is 5.66. The molecule has 1 aromatic rings. The number of thioether (sulfide) groups is 1. The smallest absolute Gasteiger partial charge is 0.240 e. The quantitative estimate of drug-likeness (QED) is 0.682. The van der Waals surface area contributed by atoms with Crippen LogP contribution in [0.2, 0.25) is 0 Å². The van der Waals surface area contributed by atoms with Crippen LogP contribution in [0.1, 0.15) is 25.3 Å². The number of nitrogens with one attached hydrogen (secondary N) is 2. The summed E-state index contributed by atoms with van der Waals surface area (Å²) in [6, 6.07) is 5.67. The maximum atomic E-state index is 12.1. The van der Waals surface area contributed by atoms with Gasteiger partial charge in [-0.1, -0.05) is 24.8 Å². The molecule has 0 saturated carbocycles. The molecule has 1 heterocycles. The van der Waals surface area contributed by atoms with E-state index in [1.165, 1.54) is 11.8 Å². The van der Waals surface area contributed by atoms with Crippen molar-refractivity contribution >= 4 is 28.7 Å². The van der Waals surface area contributed by atoms with Crippen LogP contribution in [0.25, 0.3) is 0 Å². The minimum atomic E-state index is -0.410. The minimum absolute atomic E-state index is 0.144. The van der Waals surface area contributed by atoms with Crippen molar-refractivity contribution in [2.24, 2.45) is 4.99 Å². The molecule has 1 fully saturated rings. The van der Waals surface area contributed by atoms with Crippen LogP contribution in [0.3, 0.4) is 0 Å². The van der Waals surface area contributed by atoms with Gasteiger partial charge in [0.2, 0.25) is 11.8 Å². The van der Waals surface area contributed by atoms with Crippen LogP contribution in [0.4, 0.5) is 0 Å². The average molecular weight is 379 g/mol. The van der Waals surface area contributed by atoms with Crippen molar-refractivity contribution in [3.8, 4) is 11.5 Å². The lowest BCUT2D eigenvalue weighted by molar-refractivity contribution is -0.125. The molecule has 0 aromatic heterocycles. The molecular weight excluding hydrogens is 354 g/mol. The molecule has 7 nitrogen and oxygen atoms in total. The second-order valence-electron chi connectivity index (χ2n) is 5.78. The molecule has 0 spiro atoms. The number of amides is 2. The van der Waals surface area contributed by atoms with Gasteiger partial charge in [-0.25, -0.2) is 0 Å². The van der Waals surface area contributed by atoms with Crippen LogP contribution in [0.5, 0.6) is 11.5 Å². The second-order valence-corrected chi connectivity index (χ2v) is 6.97. The molecular formula is C18H25N3O4S. The molecule has 1 aliphatic rings. The highest BCUT2D eigenvalue weighted by Crippen LogP contribution is 2.27. The van der Waals surface area contributed by atoms with Crippen molar-refractivity contribution < 1.29 is 19.1 Å². The molecule has 1 atom stereocenters. The molecule has 0 bridgehead atoms. The zero-order chi connectivity index (χ0) is 18.9. The number of rotatable bonds is 9. The Kier molecular flexibility index (Phi) is 7.77. The number of aliphatic imine (C=N–C) groups is 1. The number of hydrogen-bond donors (Lipinski definition) is 2. The normalized spacial score (nSPS) is 17.9. The second kappa shape index (κ2) is 10.1. The number of amidine groups is 1. The van der Waals surface area contributed by atoms with Crippen LogP contribution < -0.4 is 20.1 Å². The Hall–Kier alpha value is -2.22. The first-order chi connectivity index (χ1) is 12.6. The van der Waals surface area contributed by atoms with E-state index in [2.05, 4.69) is 15.6 Å². The number of methoxy groups -OCH3 is 2. The van der Waals surface area contributed by atoms with Crippen molar-refractivity contribution in [2.75, 3.05) is 27.3 Å². The number of nitrogens with zero attached hydrogens (tertiary/aromatic N) is 1. The van der Waals surface area contributed by atoms with E-state index < -0.39 is 5.25 Å². The monoisotopic (exact) mass is 379 g/mol. The Labute approximate surface area is 157 Å². The summed E-state index contributed by atoms with van der Waals surface area (Å²) in [5.74, 6) is 1.04. The van der Waals surface area contributed by atoms with Crippen molar-refractivity contribution in [1.82, 2.24) is 10.6 Å². The molecule has 2 rings (SSSR count). The fraction of sp³-hybridized carbons (Fsp3) is 0.500. The molecule has 2 amide bonds. The first-order valence-corrected chi connectivity index (χ1v) is 9.45. The third-order valence-corrected chi connectivity index (χ3v) is 4.93. The van der Waals surface area contributed by atoms with Gasteiger partial charge in [-0.05, 0) is 30.5 Å². The highest BCUT2D eigenvalue weighted by Gasteiger charge is 2.31. The molecule has 1 aliphatic heterocycles. The van der Waals surface area contributed by atoms with E-state index in [9.17, 15) is 9.59 Å². The molecule has 0 unspecified atom stereocenters. The molecule has 0 aliphatic carbocycles. The summed E-state index contributed by atoms with van der Waals surface area (Å²) in [6.07, 6.45) is 1.73. The van der Waals surface area contributed by atoms with Crippen molar-refractivity contribution in [2.45, 2.75) is 31.4 Å². The lowest BCUT2D eigenvalue weighted by Crippen LogP contribution is -2.32. The summed E-state index contributed by atoms with van der Waals surface area (Å²) >= 11 is 1.32. The van der Waals surface area contributed by atoms with E-state index in [4.69, 9.17) is 9.47 Å². The zero-order valence-corrected chi connectivity index (χ0v) is 16.1. The third-order valence-electron chi connectivity index (χ3n) is 3.81. The predicted octanol–water partition coefficient (Wildman–Crippen LogP) is 1.75. The predicted molar refractivity (Wildman–Crippen MR) is 103 cm³/mol. The summed E-state index contributed by atoms with van der Waals surface area (Å²) < 4.78 is 10.5. The highest BCUT2D eigenvalue weighted by molar-refractivity contribution is 8.15. The Balaban J connectivity index is 1.78. The zero-order valence-electron chi connectivity index (χ0n) is 15.3. The molecule has 0 radical (unpaired) electrons. The lowest BCUT2D eigenvalue weighted by atomic mass is 10.1. The average Bonchev–Trinajstić information content (AvgIpc) is 2.99. The molecule has 2 N–H and O–H groups in total. The van der Waals surface area contributed by atoms with Gasteiger partial charge in [0.1, 0.15) is 5.25 Å². The fourth-order valence-electron chi connectivity index (χ4n) is 2.45. The molecule has 8 heteroatoms. The Morgan fingerprint density at radius 1 is 1.31 bits per heavy atom. The minimum Gasteiger partial charge on any atom is -0.493 e. The number of hydrogen-bond acceptors (Lipinski definition) is 6. The van der Waals surface area contributed by atoms with Crippen LogP contribution in [-0.2, 0) is 16.0 Å². The van der Waals surface area contributed by atoms with Gasteiger partial charge in [-0.2, -0.15) is 0 Å². The maximum Gasteiger partial charge on any atom is 0.240 e. The van der Waals surface area contributed by atoms with E-state index in [0.717, 1.165) is 12.0 Å². The van der Waals surface area contributed by atoms with E-state index in [-0.39, 0.29) is 18.2 Å². The van der Waals surface area contributed by atoms with E-state index >= 15 is 0 Å². The summed E-state index contributed by atoms with van der Waals surface area (Å²) in [5, 5.41) is 5.78. The lowest BCUT2D eigenvalue weighted by Gasteiger charge is -2.10. The fourth-order valence-corrected chi connectivity index (χ4v) is 3.45. The summed E-state index contributed by atoms with van der Waals surface area (Å²) in [5.41, 5.74) is 1.03. The highest BCUT2D eigenvalue weighted by atomic mass is 32.2.